The van der Waals surface area contributed by atoms with Gasteiger partial charge in [0.25, 0.3) is 5.56 Å². The molecule has 124 valence electrons. The van der Waals surface area contributed by atoms with E-state index in [1.54, 1.807) is 21.1 Å². The number of nitrogens with one attached hydrogen (secondary N) is 1. The molecule has 2 aromatic heterocycles. The molecule has 0 radical (unpaired) electrons. The van der Waals surface area contributed by atoms with Crippen LogP contribution in [0.5, 0.6) is 5.75 Å². The minimum absolute atomic E-state index is 0.0289. The van der Waals surface area contributed by atoms with E-state index in [-0.39, 0.29) is 17.9 Å². The highest BCUT2D eigenvalue weighted by atomic mass is 32.1. The van der Waals surface area contributed by atoms with Crippen LogP contribution in [0.2, 0.25) is 0 Å². The molecule has 0 saturated carbocycles. The normalized spacial score (nSPS) is 10.8. The van der Waals surface area contributed by atoms with Crippen LogP contribution in [0.25, 0.3) is 10.2 Å². The van der Waals surface area contributed by atoms with Gasteiger partial charge in [-0.25, -0.2) is 9.97 Å². The lowest BCUT2D eigenvalue weighted by molar-refractivity contribution is -0.115. The van der Waals surface area contributed by atoms with Gasteiger partial charge in [-0.05, 0) is 25.1 Å². The third kappa shape index (κ3) is 3.13. The van der Waals surface area contributed by atoms with Crippen molar-refractivity contribution in [3.8, 4) is 5.75 Å². The van der Waals surface area contributed by atoms with Gasteiger partial charge in [0, 0.05) is 12.6 Å². The van der Waals surface area contributed by atoms with Gasteiger partial charge >= 0.3 is 0 Å². The zero-order chi connectivity index (χ0) is 17.3. The van der Waals surface area contributed by atoms with Crippen LogP contribution in [0.3, 0.4) is 0 Å². The fourth-order valence-corrected chi connectivity index (χ4v) is 3.18. The molecule has 0 atom stereocenters. The van der Waals surface area contributed by atoms with E-state index in [2.05, 4.69) is 15.3 Å². The molecule has 8 heteroatoms. The minimum atomic E-state index is -0.259. The van der Waals surface area contributed by atoms with Crippen LogP contribution in [0.4, 0.5) is 5.13 Å². The molecule has 0 bridgehead atoms. The molecular weight excluding hydrogens is 328 g/mol. The Morgan fingerprint density at radius 2 is 2.21 bits per heavy atom. The predicted molar refractivity (Wildman–Crippen MR) is 92.7 cm³/mol. The first kappa shape index (κ1) is 16.1. The van der Waals surface area contributed by atoms with Gasteiger partial charge in [-0.1, -0.05) is 11.3 Å². The largest absolute Gasteiger partial charge is 0.497 e. The van der Waals surface area contributed by atoms with Crippen LogP contribution in [-0.2, 0) is 18.3 Å². The van der Waals surface area contributed by atoms with Gasteiger partial charge in [0.15, 0.2) is 5.13 Å². The summed E-state index contributed by atoms with van der Waals surface area (Å²) < 4.78 is 7.49. The SMILES string of the molecule is COc1ccc2nc(NC(=O)Cc3ncn(C)c(=O)c3C)sc2c1. The molecule has 1 N–H and O–H groups in total. The molecule has 1 amide bonds. The molecule has 0 spiro atoms. The maximum Gasteiger partial charge on any atom is 0.256 e. The minimum Gasteiger partial charge on any atom is -0.497 e. The second-order valence-corrected chi connectivity index (χ2v) is 6.34. The van der Waals surface area contributed by atoms with Crippen molar-refractivity contribution >= 4 is 32.6 Å². The van der Waals surface area contributed by atoms with E-state index in [4.69, 9.17) is 4.74 Å². The third-order valence-corrected chi connectivity index (χ3v) is 4.56. The maximum atomic E-state index is 12.2. The zero-order valence-corrected chi connectivity index (χ0v) is 14.3. The van der Waals surface area contributed by atoms with Gasteiger partial charge < -0.3 is 14.6 Å². The van der Waals surface area contributed by atoms with Crippen molar-refractivity contribution in [2.75, 3.05) is 12.4 Å². The Morgan fingerprint density at radius 3 is 2.96 bits per heavy atom. The van der Waals surface area contributed by atoms with Crippen molar-refractivity contribution in [3.63, 3.8) is 0 Å². The summed E-state index contributed by atoms with van der Waals surface area (Å²) in [7, 11) is 3.23. The molecule has 3 aromatic rings. The van der Waals surface area contributed by atoms with Crippen molar-refractivity contribution in [2.45, 2.75) is 13.3 Å². The van der Waals surface area contributed by atoms with E-state index in [9.17, 15) is 9.59 Å². The molecule has 0 saturated heterocycles. The maximum absolute atomic E-state index is 12.2. The number of rotatable bonds is 4. The van der Waals surface area contributed by atoms with E-state index in [1.165, 1.54) is 22.2 Å². The van der Waals surface area contributed by atoms with E-state index >= 15 is 0 Å². The number of carbonyl (C=O) groups is 1. The Hall–Kier alpha value is -2.74. The summed E-state index contributed by atoms with van der Waals surface area (Å²) in [5.74, 6) is 0.480. The van der Waals surface area contributed by atoms with E-state index in [0.717, 1.165) is 16.0 Å². The van der Waals surface area contributed by atoms with Gasteiger partial charge in [0.1, 0.15) is 5.75 Å². The molecule has 2 heterocycles. The number of fused-ring (bicyclic) bond motifs is 1. The number of aryl methyl sites for hydroxylation is 1. The topological polar surface area (TPSA) is 86.1 Å². The van der Waals surface area contributed by atoms with Gasteiger partial charge in [-0.3, -0.25) is 9.59 Å². The molecule has 1 aromatic carbocycles. The number of hydrogen-bond acceptors (Lipinski definition) is 6. The van der Waals surface area contributed by atoms with E-state index < -0.39 is 0 Å². The number of methoxy groups -OCH3 is 1. The molecule has 3 rings (SSSR count). The molecule has 0 aliphatic heterocycles. The third-order valence-electron chi connectivity index (χ3n) is 3.63. The quantitative estimate of drug-likeness (QED) is 0.781. The summed E-state index contributed by atoms with van der Waals surface area (Å²) >= 11 is 1.37. The van der Waals surface area contributed by atoms with Crippen molar-refractivity contribution in [3.05, 3.63) is 46.1 Å². The number of hydrogen-bond donors (Lipinski definition) is 1. The number of benzene rings is 1. The Kier molecular flexibility index (Phi) is 4.30. The summed E-state index contributed by atoms with van der Waals surface area (Å²) in [4.78, 5) is 32.6. The van der Waals surface area contributed by atoms with Crippen LogP contribution in [0, 0.1) is 6.92 Å². The molecule has 24 heavy (non-hydrogen) atoms. The smallest absolute Gasteiger partial charge is 0.256 e. The van der Waals surface area contributed by atoms with E-state index in [0.29, 0.717) is 16.4 Å². The highest BCUT2D eigenvalue weighted by molar-refractivity contribution is 7.22. The van der Waals surface area contributed by atoms with Crippen LogP contribution >= 0.6 is 11.3 Å². The lowest BCUT2D eigenvalue weighted by atomic mass is 10.2. The molecule has 0 fully saturated rings. The first-order valence-electron chi connectivity index (χ1n) is 7.23. The summed E-state index contributed by atoms with van der Waals surface area (Å²) in [5, 5.41) is 3.26. The molecule has 7 nitrogen and oxygen atoms in total. The second-order valence-electron chi connectivity index (χ2n) is 5.31. The van der Waals surface area contributed by atoms with Crippen molar-refractivity contribution in [1.29, 1.82) is 0 Å². The Labute approximate surface area is 141 Å². The van der Waals surface area contributed by atoms with Crippen molar-refractivity contribution in [2.24, 2.45) is 7.05 Å². The lowest BCUT2D eigenvalue weighted by Gasteiger charge is -2.05. The number of aromatic nitrogens is 3. The molecule has 0 unspecified atom stereocenters. The molecule has 0 aliphatic rings. The molecular formula is C16H16N4O3S. The number of carbonyl (C=O) groups excluding carboxylic acids is 1. The Balaban J connectivity index is 1.78. The van der Waals surface area contributed by atoms with E-state index in [1.807, 2.05) is 18.2 Å². The highest BCUT2D eigenvalue weighted by Gasteiger charge is 2.13. The number of anilines is 1. The van der Waals surface area contributed by atoms with Crippen LogP contribution in [0.15, 0.2) is 29.3 Å². The number of thiazole rings is 1. The lowest BCUT2D eigenvalue weighted by Crippen LogP contribution is -2.24. The van der Waals surface area contributed by atoms with Crippen LogP contribution < -0.4 is 15.6 Å². The number of ether oxygens (including phenoxy) is 1. The van der Waals surface area contributed by atoms with Crippen molar-refractivity contribution in [1.82, 2.24) is 14.5 Å². The van der Waals surface area contributed by atoms with Gasteiger partial charge in [-0.2, -0.15) is 0 Å². The summed E-state index contributed by atoms with van der Waals surface area (Å²) in [6.45, 7) is 1.67. The summed E-state index contributed by atoms with van der Waals surface area (Å²) in [5.41, 5.74) is 1.58. The standard InChI is InChI=1S/C16H16N4O3S/c1-9-12(17-8-20(2)15(9)22)7-14(21)19-16-18-11-5-4-10(23-3)6-13(11)24-16/h4-6,8H,7H2,1-3H3,(H,18,19,21). The monoisotopic (exact) mass is 344 g/mol. The Morgan fingerprint density at radius 1 is 1.42 bits per heavy atom. The number of amides is 1. The summed E-state index contributed by atoms with van der Waals surface area (Å²) in [6.07, 6.45) is 1.45. The van der Waals surface area contributed by atoms with Crippen LogP contribution in [0.1, 0.15) is 11.3 Å². The van der Waals surface area contributed by atoms with Crippen LogP contribution in [-0.4, -0.2) is 27.6 Å². The zero-order valence-electron chi connectivity index (χ0n) is 13.5. The molecule has 0 aliphatic carbocycles. The second kappa shape index (κ2) is 6.40. The Bertz CT molecular complexity index is 977. The fraction of sp³-hybridized carbons (Fsp3) is 0.250. The summed E-state index contributed by atoms with van der Waals surface area (Å²) in [6, 6.07) is 5.53. The van der Waals surface area contributed by atoms with Crippen molar-refractivity contribution < 1.29 is 9.53 Å². The number of nitrogens with zero attached hydrogens (tertiary/aromatic N) is 3. The first-order valence-corrected chi connectivity index (χ1v) is 8.05. The fourth-order valence-electron chi connectivity index (χ4n) is 2.27. The van der Waals surface area contributed by atoms with Gasteiger partial charge in [-0.15, -0.1) is 0 Å². The first-order chi connectivity index (χ1) is 11.5. The average Bonchev–Trinajstić information content (AvgIpc) is 2.96. The highest BCUT2D eigenvalue weighted by Crippen LogP contribution is 2.29. The predicted octanol–water partition coefficient (Wildman–Crippen LogP) is 1.89. The average molecular weight is 344 g/mol. The van der Waals surface area contributed by atoms with Gasteiger partial charge in [0.2, 0.25) is 5.91 Å². The van der Waals surface area contributed by atoms with Gasteiger partial charge in [0.05, 0.1) is 35.8 Å².